The van der Waals surface area contributed by atoms with Crippen LogP contribution in [0.2, 0.25) is 0 Å². The average Bonchev–Trinajstić information content (AvgIpc) is 3.20. The second-order valence-electron chi connectivity index (χ2n) is 7.81. The van der Waals surface area contributed by atoms with Crippen LogP contribution in [-0.2, 0) is 11.2 Å². The Morgan fingerprint density at radius 2 is 2.17 bits per heavy atom. The number of carbonyl (C=O) groups is 1. The van der Waals surface area contributed by atoms with Crippen LogP contribution in [0.15, 0.2) is 30.6 Å². The fourth-order valence-corrected chi connectivity index (χ4v) is 4.40. The molecule has 8 heteroatoms. The van der Waals surface area contributed by atoms with Crippen molar-refractivity contribution in [2.75, 3.05) is 13.1 Å². The van der Waals surface area contributed by atoms with Crippen molar-refractivity contribution in [1.29, 1.82) is 0 Å². The van der Waals surface area contributed by atoms with Gasteiger partial charge in [0.05, 0.1) is 5.69 Å². The van der Waals surface area contributed by atoms with Gasteiger partial charge in [0.25, 0.3) is 11.7 Å². The van der Waals surface area contributed by atoms with E-state index in [9.17, 15) is 9.18 Å². The summed E-state index contributed by atoms with van der Waals surface area (Å²) in [6, 6.07) is 6.51. The molecule has 0 N–H and O–H groups in total. The first-order valence-corrected chi connectivity index (χ1v) is 9.99. The molecular formula is C21H22FN5O2. The van der Waals surface area contributed by atoms with Crippen LogP contribution in [0.5, 0.6) is 5.75 Å². The summed E-state index contributed by atoms with van der Waals surface area (Å²) in [5, 5.41) is 4.31. The number of carbonyl (C=O) groups excluding carboxylic acids is 1. The predicted molar refractivity (Wildman–Crippen MR) is 103 cm³/mol. The highest BCUT2D eigenvalue weighted by Gasteiger charge is 2.34. The second-order valence-corrected chi connectivity index (χ2v) is 7.81. The van der Waals surface area contributed by atoms with E-state index in [1.54, 1.807) is 10.6 Å². The molecule has 0 spiro atoms. The lowest BCUT2D eigenvalue weighted by molar-refractivity contribution is -0.140. The quantitative estimate of drug-likeness (QED) is 0.667. The number of benzene rings is 1. The van der Waals surface area contributed by atoms with Crippen LogP contribution in [0, 0.1) is 12.7 Å². The van der Waals surface area contributed by atoms with Gasteiger partial charge in [-0.15, -0.1) is 0 Å². The smallest absolute Gasteiger partial charge is 0.263 e. The second kappa shape index (κ2) is 7.09. The fraction of sp³-hybridized carbons (Fsp3) is 0.429. The van der Waals surface area contributed by atoms with Gasteiger partial charge in [-0.2, -0.15) is 10.1 Å². The Hall–Kier alpha value is -3.03. The van der Waals surface area contributed by atoms with E-state index in [0.29, 0.717) is 30.9 Å². The van der Waals surface area contributed by atoms with Gasteiger partial charge in [-0.05, 0) is 62.4 Å². The first-order chi connectivity index (χ1) is 14.1. The lowest BCUT2D eigenvalue weighted by Crippen LogP contribution is -2.47. The van der Waals surface area contributed by atoms with E-state index in [1.807, 2.05) is 17.9 Å². The Morgan fingerprint density at radius 1 is 1.28 bits per heavy atom. The summed E-state index contributed by atoms with van der Waals surface area (Å²) in [5.74, 6) is 1.10. The number of piperidine rings is 1. The number of hydrogen-bond acceptors (Lipinski definition) is 5. The van der Waals surface area contributed by atoms with Crippen molar-refractivity contribution in [3.05, 3.63) is 53.4 Å². The average molecular weight is 395 g/mol. The normalized spacial score (nSPS) is 21.7. The molecule has 29 heavy (non-hydrogen) atoms. The van der Waals surface area contributed by atoms with Crippen LogP contribution in [0.4, 0.5) is 4.39 Å². The van der Waals surface area contributed by atoms with Gasteiger partial charge in [0.15, 0.2) is 6.10 Å². The first kappa shape index (κ1) is 18.0. The van der Waals surface area contributed by atoms with Crippen LogP contribution in [0.1, 0.15) is 42.1 Å². The molecule has 2 aromatic heterocycles. The van der Waals surface area contributed by atoms with Gasteiger partial charge in [0, 0.05) is 24.7 Å². The molecule has 0 aliphatic carbocycles. The van der Waals surface area contributed by atoms with Crippen LogP contribution in [-0.4, -0.2) is 49.6 Å². The molecular weight excluding hydrogens is 373 g/mol. The monoisotopic (exact) mass is 395 g/mol. The van der Waals surface area contributed by atoms with E-state index in [0.717, 1.165) is 36.3 Å². The molecule has 2 unspecified atom stereocenters. The van der Waals surface area contributed by atoms with E-state index >= 15 is 0 Å². The van der Waals surface area contributed by atoms with Crippen LogP contribution in [0.3, 0.4) is 0 Å². The zero-order chi connectivity index (χ0) is 20.0. The van der Waals surface area contributed by atoms with Crippen molar-refractivity contribution in [3.63, 3.8) is 0 Å². The van der Waals surface area contributed by atoms with Crippen LogP contribution >= 0.6 is 0 Å². The molecule has 1 amide bonds. The lowest BCUT2D eigenvalue weighted by atomic mass is 9.93. The van der Waals surface area contributed by atoms with Crippen LogP contribution < -0.4 is 4.74 Å². The maximum atomic E-state index is 13.4. The number of ether oxygens (including phenoxy) is 1. The zero-order valence-corrected chi connectivity index (χ0v) is 16.2. The van der Waals surface area contributed by atoms with Crippen molar-refractivity contribution in [2.24, 2.45) is 0 Å². The van der Waals surface area contributed by atoms with E-state index in [-0.39, 0.29) is 17.6 Å². The molecule has 2 atom stereocenters. The van der Waals surface area contributed by atoms with E-state index < -0.39 is 6.10 Å². The maximum absolute atomic E-state index is 13.4. The summed E-state index contributed by atoms with van der Waals surface area (Å²) in [5.41, 5.74) is 2.75. The van der Waals surface area contributed by atoms with Crippen molar-refractivity contribution in [2.45, 2.75) is 44.6 Å². The number of nitrogens with zero attached hydrogens (tertiary/aromatic N) is 5. The van der Waals surface area contributed by atoms with Gasteiger partial charge < -0.3 is 9.64 Å². The Morgan fingerprint density at radius 3 is 3.07 bits per heavy atom. The predicted octanol–water partition coefficient (Wildman–Crippen LogP) is 2.67. The number of aryl methyl sites for hydroxylation is 2. The third-order valence-electron chi connectivity index (χ3n) is 5.80. The van der Waals surface area contributed by atoms with Gasteiger partial charge in [0.2, 0.25) is 0 Å². The minimum absolute atomic E-state index is 0.00490. The highest BCUT2D eigenvalue weighted by molar-refractivity contribution is 5.82. The standard InChI is InChI=1S/C21H22FN5O2/c1-13-9-17(27-21(25-13)23-12-24-27)15-3-2-8-26(11-15)20(28)19-6-4-14-10-16(22)5-7-18(14)29-19/h5,7,9-10,12,15,19H,2-4,6,8,11H2,1H3. The largest absolute Gasteiger partial charge is 0.480 e. The third kappa shape index (κ3) is 3.32. The number of likely N-dealkylation sites (tertiary alicyclic amines) is 1. The van der Waals surface area contributed by atoms with Crippen molar-refractivity contribution < 1.29 is 13.9 Å². The molecule has 150 valence electrons. The summed E-state index contributed by atoms with van der Waals surface area (Å²) in [6.07, 6.45) is 4.10. The number of amides is 1. The summed E-state index contributed by atoms with van der Waals surface area (Å²) >= 11 is 0. The molecule has 0 saturated carbocycles. The molecule has 0 radical (unpaired) electrons. The Labute approximate surface area is 167 Å². The molecule has 4 heterocycles. The number of aromatic nitrogens is 4. The van der Waals surface area contributed by atoms with Gasteiger partial charge >= 0.3 is 0 Å². The molecule has 2 aliphatic rings. The first-order valence-electron chi connectivity index (χ1n) is 9.99. The maximum Gasteiger partial charge on any atom is 0.263 e. The SMILES string of the molecule is Cc1cc(C2CCCN(C(=O)C3CCc4cc(F)ccc4O3)C2)n2ncnc2n1. The number of hydrogen-bond donors (Lipinski definition) is 0. The Kier molecular flexibility index (Phi) is 4.41. The summed E-state index contributed by atoms with van der Waals surface area (Å²) in [6.45, 7) is 3.28. The van der Waals surface area contributed by atoms with Gasteiger partial charge in [-0.3, -0.25) is 4.79 Å². The Balaban J connectivity index is 1.35. The molecule has 2 aliphatic heterocycles. The molecule has 1 aromatic carbocycles. The highest BCUT2D eigenvalue weighted by Crippen LogP contribution is 2.31. The number of halogens is 1. The zero-order valence-electron chi connectivity index (χ0n) is 16.2. The van der Waals surface area contributed by atoms with Crippen molar-refractivity contribution in [3.8, 4) is 5.75 Å². The number of fused-ring (bicyclic) bond motifs is 2. The minimum Gasteiger partial charge on any atom is -0.480 e. The molecule has 3 aromatic rings. The minimum atomic E-state index is -0.516. The molecule has 5 rings (SSSR count). The summed E-state index contributed by atoms with van der Waals surface area (Å²) in [4.78, 5) is 23.7. The van der Waals surface area contributed by atoms with Gasteiger partial charge in [0.1, 0.15) is 17.9 Å². The lowest BCUT2D eigenvalue weighted by Gasteiger charge is -2.36. The van der Waals surface area contributed by atoms with Crippen molar-refractivity contribution >= 4 is 11.7 Å². The summed E-state index contributed by atoms with van der Waals surface area (Å²) < 4.78 is 21.1. The highest BCUT2D eigenvalue weighted by atomic mass is 19.1. The fourth-order valence-electron chi connectivity index (χ4n) is 4.40. The van der Waals surface area contributed by atoms with E-state index in [2.05, 4.69) is 15.1 Å². The Bertz CT molecular complexity index is 1080. The molecule has 0 bridgehead atoms. The third-order valence-corrected chi connectivity index (χ3v) is 5.80. The van der Waals surface area contributed by atoms with Gasteiger partial charge in [-0.25, -0.2) is 13.9 Å². The van der Waals surface area contributed by atoms with Crippen molar-refractivity contribution in [1.82, 2.24) is 24.5 Å². The van der Waals surface area contributed by atoms with E-state index in [4.69, 9.17) is 4.74 Å². The number of rotatable bonds is 2. The molecule has 1 saturated heterocycles. The van der Waals surface area contributed by atoms with Gasteiger partial charge in [-0.1, -0.05) is 0 Å². The molecule has 7 nitrogen and oxygen atoms in total. The van der Waals surface area contributed by atoms with Crippen LogP contribution in [0.25, 0.3) is 5.78 Å². The molecule has 1 fully saturated rings. The van der Waals surface area contributed by atoms with E-state index in [1.165, 1.54) is 18.5 Å². The topological polar surface area (TPSA) is 72.6 Å². The summed E-state index contributed by atoms with van der Waals surface area (Å²) in [7, 11) is 0.